The zero-order valence-electron chi connectivity index (χ0n) is 16.3. The summed E-state index contributed by atoms with van der Waals surface area (Å²) >= 11 is 11.6. The van der Waals surface area contributed by atoms with E-state index in [9.17, 15) is 43.9 Å². The zero-order chi connectivity index (χ0) is 25.9. The maximum atomic E-state index is 14.7. The number of hydrogen-bond acceptors (Lipinski definition) is 2. The van der Waals surface area contributed by atoms with Crippen molar-refractivity contribution < 1.29 is 43.9 Å². The Kier molecular flexibility index (Phi) is 6.36. The summed E-state index contributed by atoms with van der Waals surface area (Å²) < 4.78 is 134. The number of halogens is 12. The second-order valence-electron chi connectivity index (χ2n) is 7.03. The highest BCUT2D eigenvalue weighted by atomic mass is 35.5. The second kappa shape index (κ2) is 8.29. The van der Waals surface area contributed by atoms with Crippen LogP contribution >= 0.6 is 23.2 Å². The third kappa shape index (κ3) is 4.08. The lowest BCUT2D eigenvalue weighted by Crippen LogP contribution is -2.59. The van der Waals surface area contributed by atoms with Gasteiger partial charge in [-0.3, -0.25) is 0 Å². The maximum Gasteiger partial charge on any atom is 0.457 e. The van der Waals surface area contributed by atoms with Gasteiger partial charge in [0, 0.05) is 11.1 Å². The smallest absolute Gasteiger partial charge is 0.221 e. The topological polar surface area (TPSA) is 30.7 Å². The maximum absolute atomic E-state index is 14.7. The molecule has 34 heavy (non-hydrogen) atoms. The largest absolute Gasteiger partial charge is 0.457 e. The first-order valence-electron chi connectivity index (χ1n) is 8.80. The number of hydrogen-bond donors (Lipinski definition) is 0. The molecule has 0 aliphatic carbocycles. The minimum absolute atomic E-state index is 0.0562. The van der Waals surface area contributed by atoms with E-state index in [0.29, 0.717) is 5.56 Å². The minimum atomic E-state index is -6.90. The number of aryl methyl sites for hydroxylation is 1. The van der Waals surface area contributed by atoms with Gasteiger partial charge >= 0.3 is 23.9 Å². The van der Waals surface area contributed by atoms with Crippen LogP contribution in [-0.2, 0) is 5.67 Å². The van der Waals surface area contributed by atoms with Gasteiger partial charge in [0.1, 0.15) is 17.2 Å². The van der Waals surface area contributed by atoms with Crippen molar-refractivity contribution in [2.45, 2.75) is 30.9 Å². The fourth-order valence-corrected chi connectivity index (χ4v) is 3.67. The SMILES string of the molecule is Cc1cc(-c2cn(-c3c(Cl)cc(C(F)(C(F)(F)F)C(F)(F)C(F)(F)F)cc3Cl)nn2)ccc1F. The summed E-state index contributed by atoms with van der Waals surface area (Å²) in [5.41, 5.74) is -8.18. The van der Waals surface area contributed by atoms with Gasteiger partial charge in [-0.05, 0) is 42.8 Å². The quantitative estimate of drug-likeness (QED) is 0.319. The third-order valence-corrected chi connectivity index (χ3v) is 5.35. The summed E-state index contributed by atoms with van der Waals surface area (Å²) in [6.45, 7) is 1.45. The van der Waals surface area contributed by atoms with Crippen molar-refractivity contribution in [3.63, 3.8) is 0 Å². The standard InChI is InChI=1S/C19H9Cl2F10N3/c1-8-4-9(2-3-13(8)22)14-7-34(33-32-14)15-11(20)5-10(6-12(15)21)16(23,18(26,27)28)17(24,25)19(29,30)31/h2-7H,1H3. The van der Waals surface area contributed by atoms with E-state index < -0.39 is 51.1 Å². The van der Waals surface area contributed by atoms with Gasteiger partial charge in [0.15, 0.2) is 0 Å². The molecule has 0 aliphatic rings. The van der Waals surface area contributed by atoms with Crippen LogP contribution in [0.5, 0.6) is 0 Å². The predicted octanol–water partition coefficient (Wildman–Crippen LogP) is 7.61. The van der Waals surface area contributed by atoms with Crippen molar-refractivity contribution in [1.82, 2.24) is 15.0 Å². The van der Waals surface area contributed by atoms with E-state index in [-0.39, 0.29) is 23.4 Å². The Morgan fingerprint density at radius 2 is 1.38 bits per heavy atom. The first-order chi connectivity index (χ1) is 15.4. The Labute approximate surface area is 193 Å². The molecule has 184 valence electrons. The number of aromatic nitrogens is 3. The van der Waals surface area contributed by atoms with Crippen molar-refractivity contribution in [3.05, 3.63) is 63.5 Å². The summed E-state index contributed by atoms with van der Waals surface area (Å²) in [6, 6.07) is 3.72. The van der Waals surface area contributed by atoms with Crippen LogP contribution in [0.15, 0.2) is 36.5 Å². The normalized spacial score (nSPS) is 14.9. The molecule has 0 spiro atoms. The van der Waals surface area contributed by atoms with Crippen molar-refractivity contribution in [2.75, 3.05) is 0 Å². The first-order valence-corrected chi connectivity index (χ1v) is 9.56. The Hall–Kier alpha value is -2.54. The molecule has 1 aromatic heterocycles. The summed E-state index contributed by atoms with van der Waals surface area (Å²) in [5.74, 6) is -7.40. The Balaban J connectivity index is 2.14. The highest BCUT2D eigenvalue weighted by Crippen LogP contribution is 2.59. The molecule has 2 aromatic carbocycles. The van der Waals surface area contributed by atoms with Gasteiger partial charge < -0.3 is 0 Å². The summed E-state index contributed by atoms with van der Waals surface area (Å²) in [4.78, 5) is 0. The van der Waals surface area contributed by atoms with E-state index in [1.54, 1.807) is 0 Å². The predicted molar refractivity (Wildman–Crippen MR) is 101 cm³/mol. The van der Waals surface area contributed by atoms with Crippen molar-refractivity contribution in [3.8, 4) is 16.9 Å². The molecule has 0 saturated heterocycles. The first kappa shape index (κ1) is 26.1. The second-order valence-corrected chi connectivity index (χ2v) is 7.84. The van der Waals surface area contributed by atoms with Gasteiger partial charge in [-0.2, -0.15) is 35.1 Å². The summed E-state index contributed by atoms with van der Waals surface area (Å²) in [6.07, 6.45) is -12.5. The van der Waals surface area contributed by atoms with Crippen LogP contribution < -0.4 is 0 Å². The molecule has 0 aliphatic heterocycles. The molecular formula is C19H9Cl2F10N3. The molecule has 1 atom stereocenters. The Morgan fingerprint density at radius 3 is 1.85 bits per heavy atom. The lowest BCUT2D eigenvalue weighted by molar-refractivity contribution is -0.389. The number of nitrogens with zero attached hydrogens (tertiary/aromatic N) is 3. The highest BCUT2D eigenvalue weighted by molar-refractivity contribution is 6.37. The molecule has 0 bridgehead atoms. The van der Waals surface area contributed by atoms with E-state index in [4.69, 9.17) is 23.2 Å². The van der Waals surface area contributed by atoms with Gasteiger partial charge in [0.05, 0.1) is 16.2 Å². The van der Waals surface area contributed by atoms with Gasteiger partial charge in [-0.15, -0.1) is 5.10 Å². The molecular weight excluding hydrogens is 531 g/mol. The van der Waals surface area contributed by atoms with Crippen LogP contribution in [0.3, 0.4) is 0 Å². The lowest BCUT2D eigenvalue weighted by Gasteiger charge is -2.36. The van der Waals surface area contributed by atoms with E-state index >= 15 is 0 Å². The molecule has 15 heteroatoms. The van der Waals surface area contributed by atoms with Crippen molar-refractivity contribution >= 4 is 23.2 Å². The lowest BCUT2D eigenvalue weighted by atomic mass is 9.87. The average molecular weight is 540 g/mol. The number of alkyl halides is 9. The molecule has 0 saturated carbocycles. The minimum Gasteiger partial charge on any atom is -0.221 e. The van der Waals surface area contributed by atoms with E-state index in [0.717, 1.165) is 16.9 Å². The van der Waals surface area contributed by atoms with Crippen LogP contribution in [0.25, 0.3) is 16.9 Å². The van der Waals surface area contributed by atoms with Gasteiger partial charge in [0.25, 0.3) is 0 Å². The van der Waals surface area contributed by atoms with Gasteiger partial charge in [0.2, 0.25) is 0 Å². The van der Waals surface area contributed by atoms with Crippen LogP contribution in [0.2, 0.25) is 10.0 Å². The molecule has 0 fully saturated rings. The van der Waals surface area contributed by atoms with Crippen LogP contribution in [-0.4, -0.2) is 33.3 Å². The molecule has 3 rings (SSSR count). The molecule has 0 radical (unpaired) electrons. The third-order valence-electron chi connectivity index (χ3n) is 4.77. The van der Waals surface area contributed by atoms with Crippen molar-refractivity contribution in [2.24, 2.45) is 0 Å². The Morgan fingerprint density at radius 1 is 0.824 bits per heavy atom. The number of rotatable bonds is 4. The fourth-order valence-electron chi connectivity index (χ4n) is 3.01. The van der Waals surface area contributed by atoms with Crippen molar-refractivity contribution in [1.29, 1.82) is 0 Å². The van der Waals surface area contributed by atoms with E-state index in [2.05, 4.69) is 10.3 Å². The molecule has 3 nitrogen and oxygen atoms in total. The van der Waals surface area contributed by atoms with Crippen LogP contribution in [0.1, 0.15) is 11.1 Å². The molecule has 1 heterocycles. The monoisotopic (exact) mass is 539 g/mol. The summed E-state index contributed by atoms with van der Waals surface area (Å²) in [5, 5.41) is 5.51. The van der Waals surface area contributed by atoms with Gasteiger partial charge in [-0.25, -0.2) is 13.5 Å². The van der Waals surface area contributed by atoms with Crippen LogP contribution in [0, 0.1) is 12.7 Å². The summed E-state index contributed by atoms with van der Waals surface area (Å²) in [7, 11) is 0. The fraction of sp³-hybridized carbons (Fsp3) is 0.263. The molecule has 0 N–H and O–H groups in total. The van der Waals surface area contributed by atoms with Gasteiger partial charge in [-0.1, -0.05) is 28.4 Å². The number of benzene rings is 2. The molecule has 3 aromatic rings. The Bertz CT molecular complexity index is 1210. The van der Waals surface area contributed by atoms with Crippen LogP contribution in [0.4, 0.5) is 43.9 Å². The van der Waals surface area contributed by atoms with E-state index in [1.165, 1.54) is 19.1 Å². The molecule has 0 amide bonds. The van der Waals surface area contributed by atoms with E-state index in [1.807, 2.05) is 0 Å². The highest BCUT2D eigenvalue weighted by Gasteiger charge is 2.81. The zero-order valence-corrected chi connectivity index (χ0v) is 17.9. The molecule has 1 unspecified atom stereocenters. The average Bonchev–Trinajstić information content (AvgIpc) is 3.16.